The molecule has 0 unspecified atom stereocenters. The summed E-state index contributed by atoms with van der Waals surface area (Å²) < 4.78 is 27.4. The molecule has 4 N–H and O–H groups in total. The van der Waals surface area contributed by atoms with E-state index in [4.69, 9.17) is 28.8 Å². The molecular formula is C74H88N7O13S5+. The average Bonchev–Trinajstić information content (AvgIpc) is 0.952. The number of carbonyl (C=O) groups excluding carboxylic acids is 5. The Kier molecular flexibility index (Phi) is 28.4. The number of fused-ring (bicyclic) bond motifs is 1. The van der Waals surface area contributed by atoms with Gasteiger partial charge in [0.25, 0.3) is 17.3 Å². The highest BCUT2D eigenvalue weighted by molar-refractivity contribution is 8.02. The highest BCUT2D eigenvalue weighted by Crippen LogP contribution is 2.45. The van der Waals surface area contributed by atoms with Gasteiger partial charge in [-0.05, 0) is 122 Å². The molecule has 2 aliphatic heterocycles. The minimum atomic E-state index is -1.53. The molecule has 0 bridgehead atoms. The lowest BCUT2D eigenvalue weighted by atomic mass is 9.77. The van der Waals surface area contributed by atoms with Gasteiger partial charge in [0.15, 0.2) is 10.8 Å². The quantitative estimate of drug-likeness (QED) is 0.00336. The Balaban J connectivity index is 0.000000647. The first-order chi connectivity index (χ1) is 47.7. The molecule has 25 heteroatoms. The number of carboxylic acids is 1. The van der Waals surface area contributed by atoms with Crippen LogP contribution in [-0.2, 0) is 50.4 Å². The number of benzene rings is 5. The number of carboxylic acid groups (broad SMARTS) is 1. The van der Waals surface area contributed by atoms with E-state index in [1.807, 2.05) is 91.0 Å². The zero-order valence-corrected chi connectivity index (χ0v) is 61.4. The number of aromatic hydroxyl groups is 1. The number of hydrogen-bond donors (Lipinski definition) is 4. The van der Waals surface area contributed by atoms with Gasteiger partial charge in [-0.2, -0.15) is 4.37 Å². The number of carbonyl (C=O) groups is 6. The lowest BCUT2D eigenvalue weighted by Crippen LogP contribution is -2.71. The van der Waals surface area contributed by atoms with Gasteiger partial charge >= 0.3 is 23.9 Å². The topological polar surface area (TPSA) is 254 Å². The third kappa shape index (κ3) is 20.5. The van der Waals surface area contributed by atoms with E-state index >= 15 is 4.79 Å². The fourth-order valence-electron chi connectivity index (χ4n) is 11.3. The van der Waals surface area contributed by atoms with Crippen LogP contribution in [0.1, 0.15) is 145 Å². The second kappa shape index (κ2) is 36.8. The Hall–Kier alpha value is -8.20. The first-order valence-corrected chi connectivity index (χ1v) is 37.7. The third-order valence-electron chi connectivity index (χ3n) is 16.3. The molecule has 3 atom stereocenters. The zero-order chi connectivity index (χ0) is 71.1. The first-order valence-electron chi connectivity index (χ1n) is 33.2. The van der Waals surface area contributed by atoms with Crippen molar-refractivity contribution in [1.82, 2.24) is 19.6 Å². The predicted octanol–water partition coefficient (Wildman–Crippen LogP) is 14.7. The number of unbranched alkanes of at least 4 members (excludes halogenated alkanes) is 4. The molecule has 99 heavy (non-hydrogen) atoms. The number of esters is 3. The van der Waals surface area contributed by atoms with Crippen LogP contribution in [0.2, 0.25) is 0 Å². The number of thiazole rings is 1. The molecule has 0 radical (unpaired) electrons. The van der Waals surface area contributed by atoms with Crippen molar-refractivity contribution in [3.63, 3.8) is 0 Å². The van der Waals surface area contributed by atoms with E-state index in [1.54, 1.807) is 62.5 Å². The molecule has 2 aromatic heterocycles. The van der Waals surface area contributed by atoms with Gasteiger partial charge in [-0.15, -0.1) is 34.9 Å². The Labute approximate surface area is 600 Å². The second-order valence-corrected chi connectivity index (χ2v) is 29.9. The summed E-state index contributed by atoms with van der Waals surface area (Å²) in [6.45, 7) is 21.2. The number of ether oxygens (including phenoxy) is 4. The highest BCUT2D eigenvalue weighted by atomic mass is 32.2. The van der Waals surface area contributed by atoms with Crippen molar-refractivity contribution >= 4 is 105 Å². The van der Waals surface area contributed by atoms with E-state index < -0.39 is 75.3 Å². The Bertz CT molecular complexity index is 3750. The van der Waals surface area contributed by atoms with Crippen molar-refractivity contribution in [1.29, 1.82) is 0 Å². The molecule has 2 amide bonds. The maximum Gasteiger partial charge on any atom is 0.361 e. The van der Waals surface area contributed by atoms with E-state index in [0.29, 0.717) is 26.9 Å². The molecular weight excluding hydrogens is 1360 g/mol. The van der Waals surface area contributed by atoms with Crippen LogP contribution in [0.15, 0.2) is 170 Å². The molecule has 0 spiro atoms. The van der Waals surface area contributed by atoms with Crippen LogP contribution < -0.4 is 20.1 Å². The summed E-state index contributed by atoms with van der Waals surface area (Å²) in [7, 11) is 1.52. The van der Waals surface area contributed by atoms with Crippen LogP contribution >= 0.6 is 58.2 Å². The summed E-state index contributed by atoms with van der Waals surface area (Å²) >= 11 is 5.12. The highest BCUT2D eigenvalue weighted by Gasteiger charge is 2.55. The molecule has 526 valence electrons. The first kappa shape index (κ1) is 76.6. The van der Waals surface area contributed by atoms with Crippen LogP contribution in [0.4, 0.5) is 5.13 Å². The standard InChI is InChI=1S/C58H52N6O13S5.C16H36N/c1-33(65)75-40-25-27-41(28-26-40)81-54(53(72)76-57(2,3)4)77-62-44(42-32-80-56(59-42)61-58(36-15-9-6-10-16-36,37-17-11-7-12-18-37)38-19-13-8-14-20-38)48(67)60-45-49(68)64-46(52(71)74-29-34-21-23-39(73-5)24-22-34)35(30-78-50(45)64)31-79-55-43(51(69)70)47(66)63-82-55;1-5-9-13-17(14-10-6-2,15-11-7-3)16-12-8-4/h6-28,32,45,50,54H,29-31H2,1-5H3,(H,59,61)(H,60,67)(H,63,66)(H,69,70);5-16H2,1-4H3/q;+1/b62-44-;/t45-,50+,54-;/m1./s1. The number of amides is 2. The van der Waals surface area contributed by atoms with Crippen LogP contribution in [0.5, 0.6) is 17.4 Å². The van der Waals surface area contributed by atoms with E-state index in [9.17, 15) is 34.2 Å². The molecule has 9 rings (SSSR count). The molecule has 0 aliphatic carbocycles. The van der Waals surface area contributed by atoms with Crippen molar-refractivity contribution < 1.29 is 67.2 Å². The molecule has 20 nitrogen and oxygen atoms in total. The molecule has 2 aliphatic rings. The predicted molar refractivity (Wildman–Crippen MR) is 391 cm³/mol. The number of anilines is 1. The van der Waals surface area contributed by atoms with E-state index in [1.165, 1.54) is 136 Å². The van der Waals surface area contributed by atoms with Crippen LogP contribution in [0, 0.1) is 0 Å². The molecule has 1 saturated heterocycles. The summed E-state index contributed by atoms with van der Waals surface area (Å²) in [6, 6.07) is 41.3. The van der Waals surface area contributed by atoms with E-state index in [-0.39, 0.29) is 45.0 Å². The van der Waals surface area contributed by atoms with Gasteiger partial charge in [0, 0.05) is 28.7 Å². The second-order valence-electron chi connectivity index (χ2n) is 24.8. The largest absolute Gasteiger partial charge is 0.497 e. The Morgan fingerprint density at radius 2 is 1.31 bits per heavy atom. The van der Waals surface area contributed by atoms with Gasteiger partial charge in [-0.25, -0.2) is 19.4 Å². The number of thioether (sulfide) groups is 3. The van der Waals surface area contributed by atoms with E-state index in [2.05, 4.69) is 47.9 Å². The summed E-state index contributed by atoms with van der Waals surface area (Å²) in [6.07, 6.45) is 11.1. The summed E-state index contributed by atoms with van der Waals surface area (Å²) in [5, 5.41) is 31.9. The Morgan fingerprint density at radius 3 is 1.82 bits per heavy atom. The molecule has 0 saturated carbocycles. The third-order valence-corrected chi connectivity index (χ3v) is 21.6. The monoisotopic (exact) mass is 1440 g/mol. The van der Waals surface area contributed by atoms with Crippen molar-refractivity contribution in [2.75, 3.05) is 50.1 Å². The maximum atomic E-state index is 15.0. The van der Waals surface area contributed by atoms with Crippen molar-refractivity contribution in [2.24, 2.45) is 5.16 Å². The van der Waals surface area contributed by atoms with Gasteiger partial charge in [-0.3, -0.25) is 19.3 Å². The number of β-lactam (4-membered cyclic amide) rings is 1. The van der Waals surface area contributed by atoms with Crippen molar-refractivity contribution in [2.45, 2.75) is 150 Å². The minimum absolute atomic E-state index is 0.00326. The number of quaternary nitrogens is 1. The smallest absolute Gasteiger partial charge is 0.361 e. The number of rotatable bonds is 34. The number of methoxy groups -OCH3 is 1. The van der Waals surface area contributed by atoms with Gasteiger partial charge in [0.2, 0.25) is 5.88 Å². The van der Waals surface area contributed by atoms with E-state index in [0.717, 1.165) is 51.7 Å². The maximum absolute atomic E-state index is 15.0. The minimum Gasteiger partial charge on any atom is -0.497 e. The summed E-state index contributed by atoms with van der Waals surface area (Å²) in [5.41, 5.74) is -0.739. The average molecular weight is 1440 g/mol. The van der Waals surface area contributed by atoms with Gasteiger partial charge in [0.1, 0.15) is 57.6 Å². The number of nitrogens with zero attached hydrogens (tertiary/aromatic N) is 5. The molecule has 7 aromatic rings. The number of nitrogens with one attached hydrogen (secondary N) is 2. The number of aromatic carboxylic acids is 1. The van der Waals surface area contributed by atoms with Gasteiger partial charge < -0.3 is 49.1 Å². The van der Waals surface area contributed by atoms with Crippen LogP contribution in [0.3, 0.4) is 0 Å². The van der Waals surface area contributed by atoms with Gasteiger partial charge in [0.05, 0.1) is 37.5 Å². The van der Waals surface area contributed by atoms with Crippen LogP contribution in [-0.4, -0.2) is 138 Å². The fraction of sp³-hybridized carbons (Fsp3) is 0.392. The van der Waals surface area contributed by atoms with Crippen molar-refractivity contribution in [3.05, 3.63) is 190 Å². The number of oxime groups is 1. The normalized spacial score (nSPS) is 14.9. The van der Waals surface area contributed by atoms with Crippen molar-refractivity contribution in [3.8, 4) is 17.4 Å². The Morgan fingerprint density at radius 1 is 0.768 bits per heavy atom. The summed E-state index contributed by atoms with van der Waals surface area (Å²) in [4.78, 5) is 94.2. The molecule has 5 aromatic carbocycles. The fourth-order valence-corrected chi connectivity index (χ4v) is 16.2. The summed E-state index contributed by atoms with van der Waals surface area (Å²) in [5.74, 6) is -4.83. The molecule has 1 fully saturated rings. The lowest BCUT2D eigenvalue weighted by molar-refractivity contribution is -0.929. The van der Waals surface area contributed by atoms with Gasteiger partial charge in [-0.1, -0.05) is 173 Å². The zero-order valence-electron chi connectivity index (χ0n) is 57.4. The lowest BCUT2D eigenvalue weighted by Gasteiger charge is -2.49. The molecule has 4 heterocycles. The number of aromatic nitrogens is 2. The SMILES string of the molecule is CCCC[N+](CCCC)(CCCC)CCCC.COc1ccc(COC(=O)C2=C(CSc3snc(O)c3C(=O)O)CS[C@H]3[C@H](NC(=O)/C(=N\O[C@H](Sc4ccc(OC(C)=O)cc4)C(=O)OC(C)(C)C)c4csc(NC(c5ccccc5)(c5ccccc5)c5ccccc5)n4)C(=O)N23)cc1. The number of hydrogen-bond acceptors (Lipinski definition) is 21. The van der Waals surface area contributed by atoms with Crippen LogP contribution in [0.25, 0.3) is 0 Å².